The summed E-state index contributed by atoms with van der Waals surface area (Å²) in [5, 5.41) is 11.1. The number of aliphatic hydroxyl groups excluding tert-OH is 1. The molecular formula is C14H14BrClN2O. The molecule has 5 heteroatoms. The SMILES string of the molecule is NCC(c1cccnc1)C(O)c1cc(Br)ccc1Cl. The number of halogens is 2. The number of aliphatic hydroxyl groups is 1. The summed E-state index contributed by atoms with van der Waals surface area (Å²) in [6.07, 6.45) is 2.64. The fourth-order valence-electron chi connectivity index (χ4n) is 2.00. The largest absolute Gasteiger partial charge is 0.388 e. The Balaban J connectivity index is 2.36. The molecule has 3 N–H and O–H groups in total. The average Bonchev–Trinajstić information content (AvgIpc) is 2.43. The molecule has 1 aromatic heterocycles. The van der Waals surface area contributed by atoms with Crippen LogP contribution in [0.1, 0.15) is 23.1 Å². The predicted molar refractivity (Wildman–Crippen MR) is 80.1 cm³/mol. The van der Waals surface area contributed by atoms with Crippen LogP contribution in [-0.2, 0) is 0 Å². The van der Waals surface area contributed by atoms with Crippen molar-refractivity contribution in [2.75, 3.05) is 6.54 Å². The van der Waals surface area contributed by atoms with Crippen molar-refractivity contribution in [2.24, 2.45) is 5.73 Å². The topological polar surface area (TPSA) is 59.1 Å². The van der Waals surface area contributed by atoms with Gasteiger partial charge in [-0.25, -0.2) is 0 Å². The van der Waals surface area contributed by atoms with Gasteiger partial charge in [-0.3, -0.25) is 4.98 Å². The molecule has 2 aromatic rings. The minimum atomic E-state index is -0.765. The molecule has 0 aliphatic heterocycles. The molecule has 0 saturated heterocycles. The highest BCUT2D eigenvalue weighted by atomic mass is 79.9. The second-order valence-corrected chi connectivity index (χ2v) is 5.56. The van der Waals surface area contributed by atoms with Gasteiger partial charge in [0.15, 0.2) is 0 Å². The predicted octanol–water partition coefficient (Wildman–Crippen LogP) is 3.27. The Labute approximate surface area is 125 Å². The van der Waals surface area contributed by atoms with Crippen LogP contribution in [-0.4, -0.2) is 16.6 Å². The van der Waals surface area contributed by atoms with Crippen LogP contribution in [0.5, 0.6) is 0 Å². The molecule has 0 bridgehead atoms. The van der Waals surface area contributed by atoms with E-state index < -0.39 is 6.10 Å². The van der Waals surface area contributed by atoms with E-state index in [0.717, 1.165) is 10.0 Å². The third-order valence-electron chi connectivity index (χ3n) is 3.02. The lowest BCUT2D eigenvalue weighted by molar-refractivity contribution is 0.147. The fourth-order valence-corrected chi connectivity index (χ4v) is 2.61. The van der Waals surface area contributed by atoms with E-state index in [0.29, 0.717) is 17.1 Å². The Hall–Kier alpha value is -0.940. The number of pyridine rings is 1. The summed E-state index contributed by atoms with van der Waals surface area (Å²) in [6, 6.07) is 9.12. The molecule has 3 nitrogen and oxygen atoms in total. The number of nitrogens with zero attached hydrogens (tertiary/aromatic N) is 1. The highest BCUT2D eigenvalue weighted by molar-refractivity contribution is 9.10. The maximum atomic E-state index is 10.5. The van der Waals surface area contributed by atoms with Crippen LogP contribution in [0.25, 0.3) is 0 Å². The van der Waals surface area contributed by atoms with Gasteiger partial charge in [0.05, 0.1) is 6.10 Å². The monoisotopic (exact) mass is 340 g/mol. The van der Waals surface area contributed by atoms with Gasteiger partial charge in [-0.15, -0.1) is 0 Å². The lowest BCUT2D eigenvalue weighted by Gasteiger charge is -2.23. The number of hydrogen-bond acceptors (Lipinski definition) is 3. The van der Waals surface area contributed by atoms with Gasteiger partial charge < -0.3 is 10.8 Å². The van der Waals surface area contributed by atoms with Crippen LogP contribution in [0, 0.1) is 0 Å². The van der Waals surface area contributed by atoms with E-state index in [9.17, 15) is 5.11 Å². The van der Waals surface area contributed by atoms with E-state index in [1.807, 2.05) is 24.3 Å². The van der Waals surface area contributed by atoms with E-state index >= 15 is 0 Å². The molecule has 1 aromatic carbocycles. The van der Waals surface area contributed by atoms with Crippen LogP contribution in [0.2, 0.25) is 5.02 Å². The minimum Gasteiger partial charge on any atom is -0.388 e. The van der Waals surface area contributed by atoms with Gasteiger partial charge in [-0.1, -0.05) is 33.6 Å². The van der Waals surface area contributed by atoms with E-state index in [2.05, 4.69) is 20.9 Å². The highest BCUT2D eigenvalue weighted by Gasteiger charge is 2.23. The number of nitrogens with two attached hydrogens (primary N) is 1. The lowest BCUT2D eigenvalue weighted by Crippen LogP contribution is -2.20. The summed E-state index contributed by atoms with van der Waals surface area (Å²) in [7, 11) is 0. The van der Waals surface area contributed by atoms with E-state index in [4.69, 9.17) is 17.3 Å². The quantitative estimate of drug-likeness (QED) is 0.897. The number of rotatable bonds is 4. The number of benzene rings is 1. The number of aromatic nitrogens is 1. The van der Waals surface area contributed by atoms with E-state index in [1.165, 1.54) is 0 Å². The second-order valence-electron chi connectivity index (χ2n) is 4.24. The van der Waals surface area contributed by atoms with Crippen molar-refractivity contribution in [3.8, 4) is 0 Å². The van der Waals surface area contributed by atoms with Gasteiger partial charge in [-0.2, -0.15) is 0 Å². The molecule has 100 valence electrons. The molecule has 0 aliphatic rings. The van der Waals surface area contributed by atoms with Crippen LogP contribution in [0.4, 0.5) is 0 Å². The molecule has 19 heavy (non-hydrogen) atoms. The zero-order chi connectivity index (χ0) is 13.8. The van der Waals surface area contributed by atoms with Crippen molar-refractivity contribution in [3.63, 3.8) is 0 Å². The molecule has 1 heterocycles. The first-order chi connectivity index (χ1) is 9.13. The van der Waals surface area contributed by atoms with Crippen molar-refractivity contribution >= 4 is 27.5 Å². The summed E-state index contributed by atoms with van der Waals surface area (Å²) in [4.78, 5) is 4.06. The summed E-state index contributed by atoms with van der Waals surface area (Å²) in [6.45, 7) is 0.315. The first-order valence-electron chi connectivity index (χ1n) is 5.86. The maximum Gasteiger partial charge on any atom is 0.0885 e. The standard InChI is InChI=1S/C14H14BrClN2O/c15-10-3-4-13(16)11(6-10)14(19)12(7-17)9-2-1-5-18-8-9/h1-6,8,12,14,19H,7,17H2. The van der Waals surface area contributed by atoms with E-state index in [-0.39, 0.29) is 5.92 Å². The van der Waals surface area contributed by atoms with Crippen molar-refractivity contribution in [2.45, 2.75) is 12.0 Å². The van der Waals surface area contributed by atoms with Gasteiger partial charge in [0, 0.05) is 39.9 Å². The lowest BCUT2D eigenvalue weighted by atomic mass is 9.90. The molecule has 0 aliphatic carbocycles. The second kappa shape index (κ2) is 6.48. The Kier molecular flexibility index (Phi) is 4.93. The van der Waals surface area contributed by atoms with Gasteiger partial charge in [0.25, 0.3) is 0 Å². The van der Waals surface area contributed by atoms with Gasteiger partial charge in [0.1, 0.15) is 0 Å². The Morgan fingerprint density at radius 1 is 1.37 bits per heavy atom. The Bertz CT molecular complexity index is 550. The molecule has 0 fully saturated rings. The van der Waals surface area contributed by atoms with Crippen molar-refractivity contribution in [3.05, 3.63) is 63.3 Å². The number of hydrogen-bond donors (Lipinski definition) is 2. The third kappa shape index (κ3) is 3.34. The van der Waals surface area contributed by atoms with Crippen LogP contribution in [0.15, 0.2) is 47.2 Å². The molecular weight excluding hydrogens is 328 g/mol. The molecule has 0 saturated carbocycles. The van der Waals surface area contributed by atoms with Crippen molar-refractivity contribution in [1.82, 2.24) is 4.98 Å². The first-order valence-corrected chi connectivity index (χ1v) is 7.03. The minimum absolute atomic E-state index is 0.236. The van der Waals surface area contributed by atoms with E-state index in [1.54, 1.807) is 18.5 Å². The van der Waals surface area contributed by atoms with Crippen LogP contribution < -0.4 is 5.73 Å². The normalized spacial score (nSPS) is 14.1. The van der Waals surface area contributed by atoms with Gasteiger partial charge in [0.2, 0.25) is 0 Å². The van der Waals surface area contributed by atoms with Crippen molar-refractivity contribution < 1.29 is 5.11 Å². The summed E-state index contributed by atoms with van der Waals surface area (Å²) in [5.74, 6) is -0.236. The highest BCUT2D eigenvalue weighted by Crippen LogP contribution is 2.35. The molecule has 0 amide bonds. The maximum absolute atomic E-state index is 10.5. The summed E-state index contributed by atoms with van der Waals surface area (Å²) >= 11 is 9.52. The molecule has 2 unspecified atom stereocenters. The molecule has 2 rings (SSSR count). The van der Waals surface area contributed by atoms with Crippen LogP contribution >= 0.6 is 27.5 Å². The Morgan fingerprint density at radius 3 is 2.79 bits per heavy atom. The zero-order valence-corrected chi connectivity index (χ0v) is 12.5. The first kappa shape index (κ1) is 14.5. The fraction of sp³-hybridized carbons (Fsp3) is 0.214. The Morgan fingerprint density at radius 2 is 2.16 bits per heavy atom. The zero-order valence-electron chi connectivity index (χ0n) is 10.1. The third-order valence-corrected chi connectivity index (χ3v) is 3.86. The molecule has 0 radical (unpaired) electrons. The smallest absolute Gasteiger partial charge is 0.0885 e. The van der Waals surface area contributed by atoms with Crippen LogP contribution in [0.3, 0.4) is 0 Å². The van der Waals surface area contributed by atoms with Gasteiger partial charge >= 0.3 is 0 Å². The summed E-state index contributed by atoms with van der Waals surface area (Å²) < 4.78 is 0.868. The average molecular weight is 342 g/mol. The van der Waals surface area contributed by atoms with Gasteiger partial charge in [-0.05, 0) is 29.8 Å². The molecule has 2 atom stereocenters. The molecule has 0 spiro atoms. The van der Waals surface area contributed by atoms with Crippen molar-refractivity contribution in [1.29, 1.82) is 0 Å². The summed E-state index contributed by atoms with van der Waals surface area (Å²) in [5.41, 5.74) is 7.35.